The van der Waals surface area contributed by atoms with Gasteiger partial charge in [0.1, 0.15) is 29.1 Å². The molecule has 2 heterocycles. The molecule has 0 spiro atoms. The van der Waals surface area contributed by atoms with E-state index < -0.39 is 5.56 Å². The molecule has 24 heavy (non-hydrogen) atoms. The number of benzene rings is 1. The molecular weight excluding hydrogens is 328 g/mol. The Labute approximate surface area is 141 Å². The van der Waals surface area contributed by atoms with Crippen molar-refractivity contribution in [3.05, 3.63) is 63.4 Å². The fourth-order valence-corrected chi connectivity index (χ4v) is 2.68. The molecule has 0 fully saturated rings. The third kappa shape index (κ3) is 2.39. The number of H-pyrrole nitrogens is 1. The number of anilines is 1. The first-order chi connectivity index (χ1) is 11.6. The number of halogens is 1. The molecule has 3 N–H and O–H groups in total. The lowest BCUT2D eigenvalue weighted by atomic mass is 9.96. The van der Waals surface area contributed by atoms with Crippen LogP contribution in [0.5, 0.6) is 0 Å². The standard InChI is InChI=1S/C16H9ClN6O/c17-12-5-9(1-2-13(12)23-4-3-21-8-23)14-10(6-18)15(20)22-16(24)11(14)7-19/h1-5,8H,(H3,20,22,24). The summed E-state index contributed by atoms with van der Waals surface area (Å²) in [6, 6.07) is 8.69. The van der Waals surface area contributed by atoms with E-state index in [1.807, 2.05) is 12.1 Å². The van der Waals surface area contributed by atoms with Crippen molar-refractivity contribution in [2.75, 3.05) is 5.73 Å². The highest BCUT2D eigenvalue weighted by Crippen LogP contribution is 2.32. The maximum atomic E-state index is 12.0. The second-order valence-electron chi connectivity index (χ2n) is 4.85. The van der Waals surface area contributed by atoms with Gasteiger partial charge in [-0.2, -0.15) is 10.5 Å². The van der Waals surface area contributed by atoms with Crippen LogP contribution < -0.4 is 11.3 Å². The summed E-state index contributed by atoms with van der Waals surface area (Å²) in [5, 5.41) is 19.0. The monoisotopic (exact) mass is 336 g/mol. The van der Waals surface area contributed by atoms with Crippen molar-refractivity contribution in [3.63, 3.8) is 0 Å². The summed E-state index contributed by atoms with van der Waals surface area (Å²) in [7, 11) is 0. The summed E-state index contributed by atoms with van der Waals surface area (Å²) in [4.78, 5) is 18.2. The minimum atomic E-state index is -0.654. The quantitative estimate of drug-likeness (QED) is 0.742. The van der Waals surface area contributed by atoms with Crippen LogP contribution in [0.3, 0.4) is 0 Å². The van der Waals surface area contributed by atoms with Crippen molar-refractivity contribution in [3.8, 4) is 29.0 Å². The Morgan fingerprint density at radius 3 is 2.58 bits per heavy atom. The second-order valence-corrected chi connectivity index (χ2v) is 5.26. The van der Waals surface area contributed by atoms with Crippen LogP contribution >= 0.6 is 11.6 Å². The van der Waals surface area contributed by atoms with Gasteiger partial charge in [-0.15, -0.1) is 0 Å². The van der Waals surface area contributed by atoms with Gasteiger partial charge in [-0.05, 0) is 17.7 Å². The Bertz CT molecular complexity index is 1070. The van der Waals surface area contributed by atoms with Crippen molar-refractivity contribution in [1.29, 1.82) is 10.5 Å². The van der Waals surface area contributed by atoms with Crippen molar-refractivity contribution in [2.24, 2.45) is 0 Å². The van der Waals surface area contributed by atoms with E-state index in [2.05, 4.69) is 9.97 Å². The van der Waals surface area contributed by atoms with Crippen molar-refractivity contribution in [1.82, 2.24) is 14.5 Å². The maximum absolute atomic E-state index is 12.0. The van der Waals surface area contributed by atoms with E-state index in [4.69, 9.17) is 17.3 Å². The predicted molar refractivity (Wildman–Crippen MR) is 88.5 cm³/mol. The van der Waals surface area contributed by atoms with Gasteiger partial charge in [-0.3, -0.25) is 4.79 Å². The van der Waals surface area contributed by atoms with Crippen molar-refractivity contribution < 1.29 is 0 Å². The molecular formula is C16H9ClN6O. The third-order valence-corrected chi connectivity index (χ3v) is 3.79. The smallest absolute Gasteiger partial charge is 0.268 e. The number of nitriles is 2. The van der Waals surface area contributed by atoms with Gasteiger partial charge >= 0.3 is 0 Å². The molecule has 2 aromatic heterocycles. The van der Waals surface area contributed by atoms with Gasteiger partial charge in [0, 0.05) is 18.0 Å². The molecule has 0 saturated heterocycles. The molecule has 0 unspecified atom stereocenters. The van der Waals surface area contributed by atoms with Gasteiger partial charge in [0.15, 0.2) is 0 Å². The highest BCUT2D eigenvalue weighted by atomic mass is 35.5. The maximum Gasteiger partial charge on any atom is 0.268 e. The predicted octanol–water partition coefficient (Wildman–Crippen LogP) is 2.21. The zero-order chi connectivity index (χ0) is 17.3. The lowest BCUT2D eigenvalue weighted by Crippen LogP contribution is -2.16. The first-order valence-corrected chi connectivity index (χ1v) is 7.08. The van der Waals surface area contributed by atoms with Crippen LogP contribution in [0.1, 0.15) is 11.1 Å². The molecule has 0 amide bonds. The summed E-state index contributed by atoms with van der Waals surface area (Å²) in [5.74, 6) is -0.0914. The number of pyridine rings is 1. The molecule has 116 valence electrons. The largest absolute Gasteiger partial charge is 0.384 e. The number of hydrogen-bond donors (Lipinski definition) is 2. The molecule has 3 rings (SSSR count). The molecule has 3 aromatic rings. The summed E-state index contributed by atoms with van der Waals surface area (Å²) < 4.78 is 1.72. The van der Waals surface area contributed by atoms with Crippen LogP contribution in [0, 0.1) is 22.7 Å². The molecule has 0 radical (unpaired) electrons. The summed E-state index contributed by atoms with van der Waals surface area (Å²) in [6.45, 7) is 0. The number of hydrogen-bond acceptors (Lipinski definition) is 5. The van der Waals surface area contributed by atoms with Gasteiger partial charge < -0.3 is 15.3 Å². The number of aromatic amines is 1. The Morgan fingerprint density at radius 1 is 1.25 bits per heavy atom. The number of nitrogens with two attached hydrogens (primary N) is 1. The number of aromatic nitrogens is 3. The molecule has 0 aliphatic carbocycles. The average Bonchev–Trinajstić information content (AvgIpc) is 3.08. The SMILES string of the molecule is N#Cc1c(N)[nH]c(=O)c(C#N)c1-c1ccc(-n2ccnc2)c(Cl)c1. The number of rotatable bonds is 2. The lowest BCUT2D eigenvalue weighted by Gasteiger charge is -2.11. The van der Waals surface area contributed by atoms with E-state index in [1.165, 1.54) is 0 Å². The number of imidazole rings is 1. The summed E-state index contributed by atoms with van der Waals surface area (Å²) >= 11 is 6.31. The van der Waals surface area contributed by atoms with Gasteiger partial charge in [-0.25, -0.2) is 4.98 Å². The highest BCUT2D eigenvalue weighted by molar-refractivity contribution is 6.32. The van der Waals surface area contributed by atoms with E-state index in [-0.39, 0.29) is 22.5 Å². The van der Waals surface area contributed by atoms with Crippen LogP contribution in [-0.4, -0.2) is 14.5 Å². The van der Waals surface area contributed by atoms with Crippen LogP contribution in [0.2, 0.25) is 5.02 Å². The highest BCUT2D eigenvalue weighted by Gasteiger charge is 2.19. The molecule has 0 aliphatic heterocycles. The number of nitrogens with zero attached hydrogens (tertiary/aromatic N) is 4. The van der Waals surface area contributed by atoms with Crippen LogP contribution in [0.4, 0.5) is 5.82 Å². The van der Waals surface area contributed by atoms with Crippen LogP contribution in [0.15, 0.2) is 41.7 Å². The summed E-state index contributed by atoms with van der Waals surface area (Å²) in [6.07, 6.45) is 4.93. The fraction of sp³-hybridized carbons (Fsp3) is 0. The topological polar surface area (TPSA) is 124 Å². The van der Waals surface area contributed by atoms with Crippen LogP contribution in [0.25, 0.3) is 16.8 Å². The van der Waals surface area contributed by atoms with E-state index in [0.717, 1.165) is 0 Å². The number of nitrogens with one attached hydrogen (secondary N) is 1. The Balaban J connectivity index is 2.28. The Morgan fingerprint density at radius 2 is 2.00 bits per heavy atom. The lowest BCUT2D eigenvalue weighted by molar-refractivity contribution is 1.06. The number of nitrogen functional groups attached to an aromatic ring is 1. The normalized spacial score (nSPS) is 10.1. The van der Waals surface area contributed by atoms with E-state index in [9.17, 15) is 15.3 Å². The van der Waals surface area contributed by atoms with Crippen molar-refractivity contribution in [2.45, 2.75) is 0 Å². The van der Waals surface area contributed by atoms with Crippen LogP contribution in [-0.2, 0) is 0 Å². The minimum Gasteiger partial charge on any atom is -0.384 e. The molecule has 0 saturated carbocycles. The Hall–Kier alpha value is -3.55. The van der Waals surface area contributed by atoms with E-state index in [0.29, 0.717) is 16.3 Å². The van der Waals surface area contributed by atoms with Gasteiger partial charge in [0.2, 0.25) is 0 Å². The van der Waals surface area contributed by atoms with Gasteiger partial charge in [-0.1, -0.05) is 17.7 Å². The molecule has 7 nitrogen and oxygen atoms in total. The van der Waals surface area contributed by atoms with Gasteiger partial charge in [0.25, 0.3) is 5.56 Å². The fourth-order valence-electron chi connectivity index (χ4n) is 2.41. The molecule has 0 aliphatic rings. The molecule has 1 aromatic carbocycles. The minimum absolute atomic E-state index is 0.0256. The zero-order valence-electron chi connectivity index (χ0n) is 12.1. The van der Waals surface area contributed by atoms with Crippen molar-refractivity contribution >= 4 is 17.4 Å². The van der Waals surface area contributed by atoms with E-state index >= 15 is 0 Å². The first-order valence-electron chi connectivity index (χ1n) is 6.71. The van der Waals surface area contributed by atoms with E-state index in [1.54, 1.807) is 41.5 Å². The second kappa shape index (κ2) is 5.92. The summed E-state index contributed by atoms with van der Waals surface area (Å²) in [5.41, 5.74) is 6.18. The molecule has 0 bridgehead atoms. The molecule has 8 heteroatoms. The Kier molecular flexibility index (Phi) is 3.78. The van der Waals surface area contributed by atoms with Gasteiger partial charge in [0.05, 0.1) is 17.0 Å². The molecule has 0 atom stereocenters. The third-order valence-electron chi connectivity index (χ3n) is 3.49. The first kappa shape index (κ1) is 15.3. The average molecular weight is 337 g/mol. The zero-order valence-corrected chi connectivity index (χ0v) is 12.9.